The summed E-state index contributed by atoms with van der Waals surface area (Å²) in [7, 11) is 0. The van der Waals surface area contributed by atoms with E-state index in [0.717, 1.165) is 21.3 Å². The number of hydrazone groups is 1. The van der Waals surface area contributed by atoms with Crippen LogP contribution >= 0.6 is 28.1 Å². The van der Waals surface area contributed by atoms with Gasteiger partial charge in [-0.05, 0) is 59.7 Å². The zero-order chi connectivity index (χ0) is 17.2. The van der Waals surface area contributed by atoms with Crippen molar-refractivity contribution in [3.63, 3.8) is 0 Å². The van der Waals surface area contributed by atoms with Gasteiger partial charge in [0.1, 0.15) is 12.4 Å². The smallest absolute Gasteiger partial charge is 0.187 e. The predicted molar refractivity (Wildman–Crippen MR) is 106 cm³/mol. The summed E-state index contributed by atoms with van der Waals surface area (Å²) in [5.74, 6) is 0.811. The molecule has 0 aliphatic rings. The summed E-state index contributed by atoms with van der Waals surface area (Å²) in [4.78, 5) is 0. The van der Waals surface area contributed by atoms with Gasteiger partial charge in [0.05, 0.1) is 6.21 Å². The monoisotopic (exact) mass is 403 g/mol. The fourth-order valence-electron chi connectivity index (χ4n) is 1.77. The van der Waals surface area contributed by atoms with E-state index in [4.69, 9.17) is 17.0 Å². The number of halogens is 1. The van der Waals surface area contributed by atoms with Crippen LogP contribution in [0.3, 0.4) is 0 Å². The van der Waals surface area contributed by atoms with E-state index in [2.05, 4.69) is 38.4 Å². The molecule has 0 aliphatic carbocycles. The third-order valence-corrected chi connectivity index (χ3v) is 3.75. The van der Waals surface area contributed by atoms with Crippen LogP contribution in [-0.4, -0.2) is 17.9 Å². The molecule has 0 fully saturated rings. The van der Waals surface area contributed by atoms with E-state index in [0.29, 0.717) is 18.3 Å². The Kier molecular flexibility index (Phi) is 7.45. The Morgan fingerprint density at radius 1 is 1.17 bits per heavy atom. The molecule has 2 aromatic rings. The van der Waals surface area contributed by atoms with Crippen molar-refractivity contribution in [2.24, 2.45) is 5.10 Å². The summed E-state index contributed by atoms with van der Waals surface area (Å²) in [6, 6.07) is 15.7. The van der Waals surface area contributed by atoms with Crippen LogP contribution in [0.2, 0.25) is 0 Å². The minimum absolute atomic E-state index is 0.459. The minimum atomic E-state index is 0.459. The van der Waals surface area contributed by atoms with E-state index < -0.39 is 0 Å². The zero-order valence-electron chi connectivity index (χ0n) is 13.0. The Bertz CT molecular complexity index is 699. The largest absolute Gasteiger partial charge is 0.489 e. The Balaban J connectivity index is 1.80. The van der Waals surface area contributed by atoms with Crippen molar-refractivity contribution < 1.29 is 4.74 Å². The van der Waals surface area contributed by atoms with Crippen LogP contribution in [0.5, 0.6) is 5.75 Å². The van der Waals surface area contributed by atoms with Gasteiger partial charge in [-0.3, -0.25) is 5.43 Å². The SMILES string of the molecule is C=CCNC(=S)N/N=C/c1ccc(OCc2ccc(Br)cc2)cc1. The van der Waals surface area contributed by atoms with Crippen LogP contribution < -0.4 is 15.5 Å². The summed E-state index contributed by atoms with van der Waals surface area (Å²) in [5, 5.41) is 7.46. The molecule has 0 unspecified atom stereocenters. The third-order valence-electron chi connectivity index (χ3n) is 2.99. The molecular formula is C18H18BrN3OS. The summed E-state index contributed by atoms with van der Waals surface area (Å²) in [5.41, 5.74) is 4.81. The fourth-order valence-corrected chi connectivity index (χ4v) is 2.17. The molecule has 124 valence electrons. The highest BCUT2D eigenvalue weighted by Gasteiger charge is 1.97. The van der Waals surface area contributed by atoms with E-state index in [-0.39, 0.29) is 0 Å². The molecule has 6 heteroatoms. The Hall–Kier alpha value is -2.18. The second-order valence-corrected chi connectivity index (χ2v) is 6.18. The van der Waals surface area contributed by atoms with E-state index in [1.165, 1.54) is 0 Å². The van der Waals surface area contributed by atoms with Crippen molar-refractivity contribution in [1.82, 2.24) is 10.7 Å². The Labute approximate surface area is 155 Å². The molecule has 0 heterocycles. The molecule has 4 nitrogen and oxygen atoms in total. The van der Waals surface area contributed by atoms with Gasteiger partial charge in [-0.1, -0.05) is 34.1 Å². The molecule has 2 N–H and O–H groups in total. The molecular weight excluding hydrogens is 386 g/mol. The minimum Gasteiger partial charge on any atom is -0.489 e. The van der Waals surface area contributed by atoms with Crippen molar-refractivity contribution >= 4 is 39.5 Å². The van der Waals surface area contributed by atoms with Gasteiger partial charge in [-0.15, -0.1) is 6.58 Å². The number of rotatable bonds is 7. The van der Waals surface area contributed by atoms with E-state index in [1.807, 2.05) is 48.5 Å². The summed E-state index contributed by atoms with van der Waals surface area (Å²) >= 11 is 8.45. The van der Waals surface area contributed by atoms with Gasteiger partial charge in [0, 0.05) is 11.0 Å². The van der Waals surface area contributed by atoms with Crippen molar-refractivity contribution in [3.05, 3.63) is 76.8 Å². The first-order chi connectivity index (χ1) is 11.7. The summed E-state index contributed by atoms with van der Waals surface area (Å²) < 4.78 is 6.82. The van der Waals surface area contributed by atoms with Gasteiger partial charge in [0.25, 0.3) is 0 Å². The van der Waals surface area contributed by atoms with Gasteiger partial charge in [0.15, 0.2) is 5.11 Å². The second-order valence-electron chi connectivity index (χ2n) is 4.85. The van der Waals surface area contributed by atoms with Crippen LogP contribution in [0.1, 0.15) is 11.1 Å². The number of ether oxygens (including phenoxy) is 1. The number of nitrogens with zero attached hydrogens (tertiary/aromatic N) is 1. The summed E-state index contributed by atoms with van der Waals surface area (Å²) in [6.07, 6.45) is 3.42. The van der Waals surface area contributed by atoms with Gasteiger partial charge in [-0.2, -0.15) is 5.10 Å². The Morgan fingerprint density at radius 3 is 2.54 bits per heavy atom. The van der Waals surface area contributed by atoms with Crippen molar-refractivity contribution in [2.75, 3.05) is 6.54 Å². The average Bonchev–Trinajstić information content (AvgIpc) is 2.60. The average molecular weight is 404 g/mol. The lowest BCUT2D eigenvalue weighted by Gasteiger charge is -2.07. The maximum absolute atomic E-state index is 5.76. The van der Waals surface area contributed by atoms with Gasteiger partial charge in [0.2, 0.25) is 0 Å². The molecule has 0 saturated carbocycles. The van der Waals surface area contributed by atoms with E-state index >= 15 is 0 Å². The predicted octanol–water partition coefficient (Wildman–Crippen LogP) is 4.01. The van der Waals surface area contributed by atoms with Crippen LogP contribution in [0.15, 0.2) is 70.8 Å². The van der Waals surface area contributed by atoms with Crippen LogP contribution in [0.4, 0.5) is 0 Å². The van der Waals surface area contributed by atoms with Crippen LogP contribution in [0.25, 0.3) is 0 Å². The molecule has 0 radical (unpaired) electrons. The highest BCUT2D eigenvalue weighted by atomic mass is 79.9. The first kappa shape index (κ1) is 18.2. The van der Waals surface area contributed by atoms with Gasteiger partial charge < -0.3 is 10.1 Å². The second kappa shape index (κ2) is 9.85. The molecule has 0 amide bonds. The lowest BCUT2D eigenvalue weighted by Crippen LogP contribution is -2.31. The van der Waals surface area contributed by atoms with Crippen LogP contribution in [-0.2, 0) is 6.61 Å². The molecule has 0 saturated heterocycles. The quantitative estimate of drug-likeness (QED) is 0.317. The Morgan fingerprint density at radius 2 is 1.88 bits per heavy atom. The standard InChI is InChI=1S/C18H18BrN3OS/c1-2-11-20-18(24)22-21-12-14-5-9-17(10-6-14)23-13-15-3-7-16(19)8-4-15/h2-10,12H,1,11,13H2,(H2,20,22,24)/b21-12+. The lowest BCUT2D eigenvalue weighted by molar-refractivity contribution is 0.306. The molecule has 2 rings (SSSR count). The maximum Gasteiger partial charge on any atom is 0.187 e. The molecule has 0 atom stereocenters. The van der Waals surface area contributed by atoms with Gasteiger partial charge >= 0.3 is 0 Å². The molecule has 0 aromatic heterocycles. The molecule has 2 aromatic carbocycles. The number of nitrogens with one attached hydrogen (secondary N) is 2. The molecule has 0 spiro atoms. The lowest BCUT2D eigenvalue weighted by atomic mass is 10.2. The van der Waals surface area contributed by atoms with E-state index in [1.54, 1.807) is 12.3 Å². The highest BCUT2D eigenvalue weighted by molar-refractivity contribution is 9.10. The topological polar surface area (TPSA) is 45.7 Å². The van der Waals surface area contributed by atoms with Crippen molar-refractivity contribution in [2.45, 2.75) is 6.61 Å². The zero-order valence-corrected chi connectivity index (χ0v) is 15.4. The summed E-state index contributed by atoms with van der Waals surface area (Å²) in [6.45, 7) is 4.74. The number of benzene rings is 2. The van der Waals surface area contributed by atoms with E-state index in [9.17, 15) is 0 Å². The number of hydrogen-bond acceptors (Lipinski definition) is 3. The fraction of sp³-hybridized carbons (Fsp3) is 0.111. The molecule has 24 heavy (non-hydrogen) atoms. The third kappa shape index (κ3) is 6.52. The molecule has 0 bridgehead atoms. The number of hydrogen-bond donors (Lipinski definition) is 2. The van der Waals surface area contributed by atoms with Crippen molar-refractivity contribution in [1.29, 1.82) is 0 Å². The maximum atomic E-state index is 5.76. The van der Waals surface area contributed by atoms with Crippen molar-refractivity contribution in [3.8, 4) is 5.75 Å². The first-order valence-corrected chi connectivity index (χ1v) is 8.52. The molecule has 0 aliphatic heterocycles. The number of thiocarbonyl (C=S) groups is 1. The first-order valence-electron chi connectivity index (χ1n) is 7.32. The normalized spacial score (nSPS) is 10.4. The highest BCUT2D eigenvalue weighted by Crippen LogP contribution is 2.15. The van der Waals surface area contributed by atoms with Gasteiger partial charge in [-0.25, -0.2) is 0 Å². The van der Waals surface area contributed by atoms with Crippen LogP contribution in [0, 0.1) is 0 Å².